The van der Waals surface area contributed by atoms with Crippen molar-refractivity contribution in [3.63, 3.8) is 0 Å². The number of nitrogens with one attached hydrogen (secondary N) is 1. The highest BCUT2D eigenvalue weighted by atomic mass is 19.1. The highest BCUT2D eigenvalue weighted by Crippen LogP contribution is 2.18. The molecule has 0 bridgehead atoms. The molecule has 0 spiro atoms. The van der Waals surface area contributed by atoms with E-state index in [-0.39, 0.29) is 36.4 Å². The van der Waals surface area contributed by atoms with Crippen molar-refractivity contribution in [1.29, 1.82) is 0 Å². The predicted molar refractivity (Wildman–Crippen MR) is 68.6 cm³/mol. The van der Waals surface area contributed by atoms with Gasteiger partial charge in [0.15, 0.2) is 0 Å². The number of halogens is 2. The molecule has 2 rings (SSSR count). The van der Waals surface area contributed by atoms with Crippen molar-refractivity contribution in [3.8, 4) is 0 Å². The maximum Gasteiger partial charge on any atom is 0.245 e. The lowest BCUT2D eigenvalue weighted by Crippen LogP contribution is -2.44. The molecule has 0 aromatic heterocycles. The molecule has 4 nitrogen and oxygen atoms in total. The Hall–Kier alpha value is -1.98. The zero-order valence-electron chi connectivity index (χ0n) is 11.3. The molecule has 1 heterocycles. The number of carbonyl (C=O) groups excluding carboxylic acids is 2. The number of hydrogen-bond donors (Lipinski definition) is 1. The normalized spacial score (nSPS) is 23.5. The Morgan fingerprint density at radius 3 is 2.70 bits per heavy atom. The minimum atomic E-state index is -0.663. The van der Waals surface area contributed by atoms with Crippen molar-refractivity contribution in [2.24, 2.45) is 0 Å². The molecule has 2 unspecified atom stereocenters. The molecule has 1 aromatic carbocycles. The summed E-state index contributed by atoms with van der Waals surface area (Å²) in [5, 5.41) is 2.57. The van der Waals surface area contributed by atoms with E-state index in [1.54, 1.807) is 13.8 Å². The second-order valence-corrected chi connectivity index (χ2v) is 5.04. The Labute approximate surface area is 115 Å². The Morgan fingerprint density at radius 1 is 1.30 bits per heavy atom. The van der Waals surface area contributed by atoms with E-state index in [1.165, 1.54) is 4.90 Å². The molecule has 0 aliphatic carbocycles. The molecule has 108 valence electrons. The first-order valence-corrected chi connectivity index (χ1v) is 6.42. The van der Waals surface area contributed by atoms with Crippen LogP contribution in [0.25, 0.3) is 0 Å². The standard InChI is InChI=1S/C14H16F2N2O2/c1-8-5-13(19)17-9(2)14(20)18(8)7-10-6-11(15)3-4-12(10)16/h3-4,6,8-9H,5,7H2,1-2H3,(H,17,19). The summed E-state index contributed by atoms with van der Waals surface area (Å²) in [5.74, 6) is -1.64. The third-order valence-electron chi connectivity index (χ3n) is 3.39. The Bertz CT molecular complexity index is 548. The molecule has 1 fully saturated rings. The van der Waals surface area contributed by atoms with Crippen LogP contribution in [-0.2, 0) is 16.1 Å². The maximum atomic E-state index is 13.7. The molecule has 1 aliphatic rings. The summed E-state index contributed by atoms with van der Waals surface area (Å²) in [6.45, 7) is 3.24. The lowest BCUT2D eigenvalue weighted by molar-refractivity contribution is -0.135. The van der Waals surface area contributed by atoms with Gasteiger partial charge in [0.2, 0.25) is 11.8 Å². The summed E-state index contributed by atoms with van der Waals surface area (Å²) in [4.78, 5) is 25.1. The van der Waals surface area contributed by atoms with Gasteiger partial charge in [0.1, 0.15) is 17.7 Å². The van der Waals surface area contributed by atoms with E-state index in [0.29, 0.717) is 0 Å². The van der Waals surface area contributed by atoms with Crippen molar-refractivity contribution >= 4 is 11.8 Å². The van der Waals surface area contributed by atoms with E-state index in [4.69, 9.17) is 0 Å². The fourth-order valence-electron chi connectivity index (χ4n) is 2.29. The minimum absolute atomic E-state index is 0.0527. The van der Waals surface area contributed by atoms with Crippen LogP contribution in [-0.4, -0.2) is 28.8 Å². The molecule has 1 N–H and O–H groups in total. The lowest BCUT2D eigenvalue weighted by atomic mass is 10.1. The number of carbonyl (C=O) groups is 2. The highest BCUT2D eigenvalue weighted by molar-refractivity contribution is 5.90. The molecule has 1 aliphatic heterocycles. The minimum Gasteiger partial charge on any atom is -0.345 e. The van der Waals surface area contributed by atoms with Crippen LogP contribution < -0.4 is 5.32 Å². The lowest BCUT2D eigenvalue weighted by Gasteiger charge is -2.28. The fraction of sp³-hybridized carbons (Fsp3) is 0.429. The zero-order chi connectivity index (χ0) is 14.9. The number of hydrogen-bond acceptors (Lipinski definition) is 2. The first-order valence-electron chi connectivity index (χ1n) is 6.42. The van der Waals surface area contributed by atoms with Crippen LogP contribution in [0.2, 0.25) is 0 Å². The van der Waals surface area contributed by atoms with Crippen molar-refractivity contribution < 1.29 is 18.4 Å². The van der Waals surface area contributed by atoms with E-state index in [2.05, 4.69) is 5.32 Å². The van der Waals surface area contributed by atoms with Crippen molar-refractivity contribution in [1.82, 2.24) is 10.2 Å². The number of nitrogens with zero attached hydrogens (tertiary/aromatic N) is 1. The van der Waals surface area contributed by atoms with Gasteiger partial charge in [-0.05, 0) is 32.0 Å². The van der Waals surface area contributed by atoms with Gasteiger partial charge < -0.3 is 10.2 Å². The van der Waals surface area contributed by atoms with Gasteiger partial charge in [0, 0.05) is 24.6 Å². The average Bonchev–Trinajstić information content (AvgIpc) is 2.45. The van der Waals surface area contributed by atoms with Crippen LogP contribution >= 0.6 is 0 Å². The van der Waals surface area contributed by atoms with Gasteiger partial charge in [-0.15, -0.1) is 0 Å². The topological polar surface area (TPSA) is 49.4 Å². The van der Waals surface area contributed by atoms with Gasteiger partial charge in [-0.2, -0.15) is 0 Å². The third-order valence-corrected chi connectivity index (χ3v) is 3.39. The van der Waals surface area contributed by atoms with Crippen LogP contribution in [0.15, 0.2) is 18.2 Å². The molecule has 6 heteroatoms. The van der Waals surface area contributed by atoms with Gasteiger partial charge in [-0.3, -0.25) is 9.59 Å². The summed E-state index contributed by atoms with van der Waals surface area (Å²) < 4.78 is 26.8. The number of rotatable bonds is 2. The van der Waals surface area contributed by atoms with E-state index in [9.17, 15) is 18.4 Å². The molecule has 1 saturated heterocycles. The second kappa shape index (κ2) is 5.56. The van der Waals surface area contributed by atoms with Gasteiger partial charge >= 0.3 is 0 Å². The van der Waals surface area contributed by atoms with E-state index < -0.39 is 17.7 Å². The van der Waals surface area contributed by atoms with Gasteiger partial charge in [-0.1, -0.05) is 0 Å². The number of amides is 2. The monoisotopic (exact) mass is 282 g/mol. The highest BCUT2D eigenvalue weighted by Gasteiger charge is 2.31. The van der Waals surface area contributed by atoms with Gasteiger partial charge in [-0.25, -0.2) is 8.78 Å². The van der Waals surface area contributed by atoms with Crippen molar-refractivity contribution in [2.75, 3.05) is 0 Å². The molecular weight excluding hydrogens is 266 g/mol. The zero-order valence-corrected chi connectivity index (χ0v) is 11.3. The Balaban J connectivity index is 2.27. The van der Waals surface area contributed by atoms with Crippen molar-refractivity contribution in [3.05, 3.63) is 35.4 Å². The summed E-state index contributed by atoms with van der Waals surface area (Å²) in [7, 11) is 0. The predicted octanol–water partition coefficient (Wildman–Crippen LogP) is 1.59. The molecule has 0 saturated carbocycles. The van der Waals surface area contributed by atoms with E-state index >= 15 is 0 Å². The second-order valence-electron chi connectivity index (χ2n) is 5.04. The van der Waals surface area contributed by atoms with E-state index in [0.717, 1.165) is 18.2 Å². The molecule has 20 heavy (non-hydrogen) atoms. The van der Waals surface area contributed by atoms with Crippen LogP contribution in [0.5, 0.6) is 0 Å². The van der Waals surface area contributed by atoms with Crippen molar-refractivity contribution in [2.45, 2.75) is 38.9 Å². The fourth-order valence-corrected chi connectivity index (χ4v) is 2.29. The van der Waals surface area contributed by atoms with Crippen LogP contribution in [0.4, 0.5) is 8.78 Å². The molecule has 2 amide bonds. The molecule has 0 radical (unpaired) electrons. The summed E-state index contributed by atoms with van der Waals surface area (Å²) in [5.41, 5.74) is 0.103. The van der Waals surface area contributed by atoms with Crippen LogP contribution in [0, 0.1) is 11.6 Å². The third kappa shape index (κ3) is 2.95. The SMILES string of the molecule is CC1NC(=O)CC(C)N(Cc2cc(F)ccc2F)C1=O. The molecular formula is C14H16F2N2O2. The molecule has 1 aromatic rings. The van der Waals surface area contributed by atoms with Gasteiger partial charge in [0.05, 0.1) is 0 Å². The van der Waals surface area contributed by atoms with Crippen LogP contribution in [0.1, 0.15) is 25.8 Å². The first-order chi connectivity index (χ1) is 9.38. The van der Waals surface area contributed by atoms with Gasteiger partial charge in [0.25, 0.3) is 0 Å². The number of benzene rings is 1. The largest absolute Gasteiger partial charge is 0.345 e. The summed E-state index contributed by atoms with van der Waals surface area (Å²) in [6.07, 6.45) is 0.146. The Morgan fingerprint density at radius 2 is 2.00 bits per heavy atom. The molecule has 2 atom stereocenters. The summed E-state index contributed by atoms with van der Waals surface area (Å²) >= 11 is 0. The maximum absolute atomic E-state index is 13.7. The smallest absolute Gasteiger partial charge is 0.245 e. The quantitative estimate of drug-likeness (QED) is 0.895. The Kier molecular flexibility index (Phi) is 4.01. The average molecular weight is 282 g/mol. The first kappa shape index (κ1) is 14.4. The van der Waals surface area contributed by atoms with E-state index in [1.807, 2.05) is 0 Å². The van der Waals surface area contributed by atoms with Crippen LogP contribution in [0.3, 0.4) is 0 Å². The summed E-state index contributed by atoms with van der Waals surface area (Å²) in [6, 6.07) is 2.10.